The SMILES string of the molecule is Cn1nc(N=C=S)cc1C(C)(C)C. The molecule has 0 radical (unpaired) electrons. The average Bonchev–Trinajstić information content (AvgIpc) is 2.30. The highest BCUT2D eigenvalue weighted by atomic mass is 32.1. The van der Waals surface area contributed by atoms with Gasteiger partial charge in [-0.3, -0.25) is 4.68 Å². The van der Waals surface area contributed by atoms with E-state index < -0.39 is 0 Å². The Morgan fingerprint density at radius 1 is 1.54 bits per heavy atom. The number of aryl methyl sites for hydroxylation is 1. The topological polar surface area (TPSA) is 30.2 Å². The molecule has 0 saturated heterocycles. The standard InChI is InChI=1S/C9H13N3S/c1-9(2,3)7-5-8(10-6-13)11-12(7)4/h5H,1-4H3. The Kier molecular flexibility index (Phi) is 2.64. The molecule has 4 heteroatoms. The van der Waals surface area contributed by atoms with Crippen molar-refractivity contribution in [2.75, 3.05) is 0 Å². The summed E-state index contributed by atoms with van der Waals surface area (Å²) in [5, 5.41) is 6.50. The van der Waals surface area contributed by atoms with Crippen molar-refractivity contribution in [2.24, 2.45) is 12.0 Å². The second kappa shape index (κ2) is 3.40. The minimum atomic E-state index is 0.0803. The lowest BCUT2D eigenvalue weighted by molar-refractivity contribution is 0.523. The molecule has 0 aromatic carbocycles. The second-order valence-electron chi connectivity index (χ2n) is 3.96. The van der Waals surface area contributed by atoms with E-state index in [0.29, 0.717) is 5.82 Å². The van der Waals surface area contributed by atoms with Crippen LogP contribution in [-0.2, 0) is 12.5 Å². The molecule has 0 amide bonds. The molecule has 0 N–H and O–H groups in total. The largest absolute Gasteiger partial charge is 0.270 e. The van der Waals surface area contributed by atoms with E-state index >= 15 is 0 Å². The highest BCUT2D eigenvalue weighted by molar-refractivity contribution is 7.78. The lowest BCUT2D eigenvalue weighted by Gasteiger charge is -2.17. The van der Waals surface area contributed by atoms with Gasteiger partial charge in [-0.2, -0.15) is 10.1 Å². The van der Waals surface area contributed by atoms with Crippen LogP contribution in [0, 0.1) is 0 Å². The molecule has 0 aliphatic carbocycles. The van der Waals surface area contributed by atoms with Crippen LogP contribution < -0.4 is 0 Å². The lowest BCUT2D eigenvalue weighted by Crippen LogP contribution is -2.16. The van der Waals surface area contributed by atoms with Crippen LogP contribution in [-0.4, -0.2) is 14.9 Å². The Balaban J connectivity index is 3.18. The Hall–Kier alpha value is -0.990. The van der Waals surface area contributed by atoms with Gasteiger partial charge in [0.1, 0.15) is 0 Å². The van der Waals surface area contributed by atoms with Crippen LogP contribution in [0.1, 0.15) is 26.5 Å². The van der Waals surface area contributed by atoms with Crippen molar-refractivity contribution in [3.8, 4) is 0 Å². The molecule has 0 spiro atoms. The molecule has 0 unspecified atom stereocenters. The smallest absolute Gasteiger partial charge is 0.184 e. The van der Waals surface area contributed by atoms with Gasteiger partial charge in [0.05, 0.1) is 5.16 Å². The second-order valence-corrected chi connectivity index (χ2v) is 4.15. The van der Waals surface area contributed by atoms with Crippen molar-refractivity contribution in [1.82, 2.24) is 9.78 Å². The number of aromatic nitrogens is 2. The van der Waals surface area contributed by atoms with Crippen molar-refractivity contribution >= 4 is 23.2 Å². The summed E-state index contributed by atoms with van der Waals surface area (Å²) in [6.45, 7) is 6.40. The predicted octanol–water partition coefficient (Wildman–Crippen LogP) is 2.45. The lowest BCUT2D eigenvalue weighted by atomic mass is 9.92. The number of aliphatic imine (C=N–C) groups is 1. The fourth-order valence-electron chi connectivity index (χ4n) is 1.26. The fraction of sp³-hybridized carbons (Fsp3) is 0.556. The van der Waals surface area contributed by atoms with E-state index in [4.69, 9.17) is 0 Å². The average molecular weight is 195 g/mol. The van der Waals surface area contributed by atoms with Gasteiger partial charge in [0, 0.05) is 24.2 Å². The molecule has 0 aliphatic heterocycles. The number of isothiocyanates is 1. The molecule has 1 aromatic heterocycles. The van der Waals surface area contributed by atoms with Gasteiger partial charge in [-0.05, 0) is 12.2 Å². The van der Waals surface area contributed by atoms with Crippen LogP contribution in [0.2, 0.25) is 0 Å². The third-order valence-corrected chi connectivity index (χ3v) is 1.89. The first-order valence-electron chi connectivity index (χ1n) is 4.07. The first kappa shape index (κ1) is 10.1. The van der Waals surface area contributed by atoms with Crippen LogP contribution in [0.5, 0.6) is 0 Å². The van der Waals surface area contributed by atoms with Crippen molar-refractivity contribution < 1.29 is 0 Å². The molecule has 0 bridgehead atoms. The summed E-state index contributed by atoms with van der Waals surface area (Å²) in [5.41, 5.74) is 1.22. The summed E-state index contributed by atoms with van der Waals surface area (Å²) in [6, 6.07) is 1.93. The summed E-state index contributed by atoms with van der Waals surface area (Å²) in [5.74, 6) is 0.627. The number of hydrogen-bond acceptors (Lipinski definition) is 3. The summed E-state index contributed by atoms with van der Waals surface area (Å²) in [4.78, 5) is 3.83. The van der Waals surface area contributed by atoms with Crippen LogP contribution in [0.3, 0.4) is 0 Å². The van der Waals surface area contributed by atoms with Crippen molar-refractivity contribution in [1.29, 1.82) is 0 Å². The number of rotatable bonds is 1. The summed E-state index contributed by atoms with van der Waals surface area (Å²) < 4.78 is 1.82. The van der Waals surface area contributed by atoms with E-state index in [0.717, 1.165) is 5.69 Å². The normalized spacial score (nSPS) is 11.1. The highest BCUT2D eigenvalue weighted by Gasteiger charge is 2.18. The van der Waals surface area contributed by atoms with E-state index in [1.54, 1.807) is 0 Å². The zero-order valence-corrected chi connectivity index (χ0v) is 9.14. The zero-order valence-electron chi connectivity index (χ0n) is 8.33. The molecule has 0 aliphatic rings. The van der Waals surface area contributed by atoms with Gasteiger partial charge < -0.3 is 0 Å². The van der Waals surface area contributed by atoms with Crippen LogP contribution in [0.15, 0.2) is 11.1 Å². The number of thiocarbonyl (C=S) groups is 1. The highest BCUT2D eigenvalue weighted by Crippen LogP contribution is 2.24. The molecule has 1 heterocycles. The molecule has 1 rings (SSSR count). The quantitative estimate of drug-likeness (QED) is 0.509. The Morgan fingerprint density at radius 3 is 2.54 bits per heavy atom. The van der Waals surface area contributed by atoms with Crippen molar-refractivity contribution in [3.63, 3.8) is 0 Å². The van der Waals surface area contributed by atoms with E-state index in [1.165, 1.54) is 0 Å². The molecular formula is C9H13N3S. The zero-order chi connectivity index (χ0) is 10.1. The molecule has 3 nitrogen and oxygen atoms in total. The Bertz CT molecular complexity index is 353. The van der Waals surface area contributed by atoms with Crippen molar-refractivity contribution in [2.45, 2.75) is 26.2 Å². The minimum Gasteiger partial charge on any atom is -0.270 e. The van der Waals surface area contributed by atoms with Gasteiger partial charge in [-0.15, -0.1) is 0 Å². The molecule has 0 saturated carbocycles. The van der Waals surface area contributed by atoms with Gasteiger partial charge in [-0.25, -0.2) is 0 Å². The molecule has 1 aromatic rings. The minimum absolute atomic E-state index is 0.0803. The van der Waals surface area contributed by atoms with Gasteiger partial charge >= 0.3 is 0 Å². The maximum absolute atomic E-state index is 4.51. The molecule has 13 heavy (non-hydrogen) atoms. The third kappa shape index (κ3) is 2.23. The van der Waals surface area contributed by atoms with Gasteiger partial charge in [0.15, 0.2) is 5.82 Å². The summed E-state index contributed by atoms with van der Waals surface area (Å²) in [7, 11) is 1.91. The summed E-state index contributed by atoms with van der Waals surface area (Å²) in [6.07, 6.45) is 0. The van der Waals surface area contributed by atoms with Crippen LogP contribution >= 0.6 is 12.2 Å². The fourth-order valence-corrected chi connectivity index (χ4v) is 1.35. The van der Waals surface area contributed by atoms with E-state index in [-0.39, 0.29) is 5.41 Å². The van der Waals surface area contributed by atoms with E-state index in [2.05, 4.69) is 48.2 Å². The molecular weight excluding hydrogens is 182 g/mol. The first-order valence-corrected chi connectivity index (χ1v) is 4.48. The predicted molar refractivity (Wildman–Crippen MR) is 56.6 cm³/mol. The van der Waals surface area contributed by atoms with Crippen molar-refractivity contribution in [3.05, 3.63) is 11.8 Å². The number of nitrogens with zero attached hydrogens (tertiary/aromatic N) is 3. The van der Waals surface area contributed by atoms with Crippen LogP contribution in [0.25, 0.3) is 0 Å². The van der Waals surface area contributed by atoms with Gasteiger partial charge in [0.2, 0.25) is 0 Å². The number of hydrogen-bond donors (Lipinski definition) is 0. The molecule has 0 atom stereocenters. The summed E-state index contributed by atoms with van der Waals surface area (Å²) >= 11 is 4.51. The van der Waals surface area contributed by atoms with Gasteiger partial charge in [-0.1, -0.05) is 20.8 Å². The maximum atomic E-state index is 4.51. The maximum Gasteiger partial charge on any atom is 0.184 e. The van der Waals surface area contributed by atoms with E-state index in [1.807, 2.05) is 17.8 Å². The van der Waals surface area contributed by atoms with Crippen LogP contribution in [0.4, 0.5) is 5.82 Å². The molecule has 0 fully saturated rings. The first-order chi connectivity index (χ1) is 5.95. The third-order valence-electron chi connectivity index (χ3n) is 1.80. The van der Waals surface area contributed by atoms with Gasteiger partial charge in [0.25, 0.3) is 0 Å². The Morgan fingerprint density at radius 2 is 2.15 bits per heavy atom. The Labute approximate surface area is 83.5 Å². The monoisotopic (exact) mass is 195 g/mol. The molecule has 70 valence electrons. The van der Waals surface area contributed by atoms with E-state index in [9.17, 15) is 0 Å².